The van der Waals surface area contributed by atoms with E-state index >= 15 is 0 Å². The molecular formula is C28H44O4. The zero-order chi connectivity index (χ0) is 23.7. The van der Waals surface area contributed by atoms with Crippen LogP contribution in [0.2, 0.25) is 0 Å². The van der Waals surface area contributed by atoms with Gasteiger partial charge < -0.3 is 15.3 Å². The van der Waals surface area contributed by atoms with E-state index < -0.39 is 11.7 Å². The summed E-state index contributed by atoms with van der Waals surface area (Å²) >= 11 is 0. The molecule has 32 heavy (non-hydrogen) atoms. The molecule has 0 bridgehead atoms. The highest BCUT2D eigenvalue weighted by atomic mass is 16.3. The van der Waals surface area contributed by atoms with E-state index in [-0.39, 0.29) is 23.7 Å². The zero-order valence-electron chi connectivity index (χ0n) is 20.6. The summed E-state index contributed by atoms with van der Waals surface area (Å²) in [6.07, 6.45) is 12.5. The predicted octanol–water partition coefficient (Wildman–Crippen LogP) is 5.13. The van der Waals surface area contributed by atoms with Gasteiger partial charge in [0, 0.05) is 12.3 Å². The van der Waals surface area contributed by atoms with Crippen LogP contribution in [0.5, 0.6) is 0 Å². The Kier molecular flexibility index (Phi) is 7.89. The summed E-state index contributed by atoms with van der Waals surface area (Å²) in [5, 5.41) is 29.8. The maximum absolute atomic E-state index is 12.2. The molecule has 3 fully saturated rings. The van der Waals surface area contributed by atoms with Gasteiger partial charge in [0.15, 0.2) is 5.78 Å². The number of allylic oxidation sites excluding steroid dienone is 3. The lowest BCUT2D eigenvalue weighted by Crippen LogP contribution is -2.36. The first kappa shape index (κ1) is 25.4. The molecule has 3 aliphatic rings. The summed E-state index contributed by atoms with van der Waals surface area (Å²) in [5.74, 6) is 1.54. The van der Waals surface area contributed by atoms with E-state index in [9.17, 15) is 20.1 Å². The standard InChI is InChI=1S/C28H44O4/c1-18(8-13-26(31)27(3,4)32)24-11-12-25-20(7-6-14-28(24,25)5)9-10-21-15-23(30)16-22(17-29)19(21)2/h9-10,18,22-25,29-30,32H,2,6-8,11-17H2,1,3-5H3/b20-9+,21-10-/t18-,22-,23-,24-,25+,28-/m1/s1. The molecule has 4 heteroatoms. The molecule has 3 rings (SSSR count). The van der Waals surface area contributed by atoms with Gasteiger partial charge in [0.2, 0.25) is 0 Å². The Bertz CT molecular complexity index is 771. The third kappa shape index (κ3) is 5.29. The van der Waals surface area contributed by atoms with Crippen molar-refractivity contribution in [2.24, 2.45) is 29.1 Å². The molecule has 3 saturated carbocycles. The van der Waals surface area contributed by atoms with Crippen molar-refractivity contribution in [2.75, 3.05) is 6.61 Å². The molecule has 0 unspecified atom stereocenters. The van der Waals surface area contributed by atoms with Crippen molar-refractivity contribution in [3.63, 3.8) is 0 Å². The van der Waals surface area contributed by atoms with Crippen molar-refractivity contribution in [1.82, 2.24) is 0 Å². The number of hydrogen-bond acceptors (Lipinski definition) is 4. The minimum absolute atomic E-state index is 0.0386. The summed E-state index contributed by atoms with van der Waals surface area (Å²) in [7, 11) is 0. The topological polar surface area (TPSA) is 77.8 Å². The van der Waals surface area contributed by atoms with Crippen molar-refractivity contribution in [1.29, 1.82) is 0 Å². The minimum Gasteiger partial charge on any atom is -0.396 e. The molecule has 3 N–H and O–H groups in total. The van der Waals surface area contributed by atoms with Crippen LogP contribution in [0.15, 0.2) is 35.5 Å². The summed E-state index contributed by atoms with van der Waals surface area (Å²) in [6, 6.07) is 0. The van der Waals surface area contributed by atoms with E-state index in [0.717, 1.165) is 24.0 Å². The maximum atomic E-state index is 12.2. The molecule has 0 radical (unpaired) electrons. The fourth-order valence-electron chi connectivity index (χ4n) is 6.85. The number of carbonyl (C=O) groups is 1. The Labute approximate surface area is 194 Å². The van der Waals surface area contributed by atoms with E-state index in [4.69, 9.17) is 0 Å². The number of Topliss-reactive ketones (excluding diaryl/α,β-unsaturated/α-hetero) is 1. The molecule has 4 nitrogen and oxygen atoms in total. The van der Waals surface area contributed by atoms with Crippen LogP contribution >= 0.6 is 0 Å². The molecule has 0 aromatic heterocycles. The van der Waals surface area contributed by atoms with Gasteiger partial charge in [-0.25, -0.2) is 0 Å². The lowest BCUT2D eigenvalue weighted by molar-refractivity contribution is -0.134. The zero-order valence-corrected chi connectivity index (χ0v) is 20.6. The van der Waals surface area contributed by atoms with Crippen molar-refractivity contribution >= 4 is 5.78 Å². The molecule has 0 aliphatic heterocycles. The number of rotatable bonds is 7. The van der Waals surface area contributed by atoms with Gasteiger partial charge in [0.25, 0.3) is 0 Å². The number of aliphatic hydroxyl groups is 3. The van der Waals surface area contributed by atoms with Crippen molar-refractivity contribution in [3.05, 3.63) is 35.5 Å². The van der Waals surface area contributed by atoms with Crippen molar-refractivity contribution in [3.8, 4) is 0 Å². The van der Waals surface area contributed by atoms with Gasteiger partial charge in [0.1, 0.15) is 5.60 Å². The lowest BCUT2D eigenvalue weighted by atomic mass is 9.60. The number of ketones is 1. The average molecular weight is 445 g/mol. The molecular weight excluding hydrogens is 400 g/mol. The van der Waals surface area contributed by atoms with Gasteiger partial charge in [-0.1, -0.05) is 38.2 Å². The summed E-state index contributed by atoms with van der Waals surface area (Å²) < 4.78 is 0. The quantitative estimate of drug-likeness (QED) is 0.509. The monoisotopic (exact) mass is 444 g/mol. The normalized spacial score (nSPS) is 37.0. The number of hydrogen-bond donors (Lipinski definition) is 3. The summed E-state index contributed by atoms with van der Waals surface area (Å²) in [4.78, 5) is 12.2. The molecule has 0 saturated heterocycles. The van der Waals surface area contributed by atoms with Gasteiger partial charge in [-0.2, -0.15) is 0 Å². The second-order valence-electron chi connectivity index (χ2n) is 11.5. The molecule has 0 amide bonds. The number of aliphatic hydroxyl groups excluding tert-OH is 2. The number of fused-ring (bicyclic) bond motifs is 1. The first-order valence-corrected chi connectivity index (χ1v) is 12.6. The van der Waals surface area contributed by atoms with Gasteiger partial charge in [0.05, 0.1) is 12.7 Å². The van der Waals surface area contributed by atoms with Gasteiger partial charge in [-0.3, -0.25) is 4.79 Å². The molecule has 3 aliphatic carbocycles. The SMILES string of the molecule is C=C1/C(=C\C=C2/CCC[C@]3(C)[C@@H]([C@H](C)CCC(=O)C(C)(C)O)CC[C@@H]23)C[C@@H](O)C[C@@H]1CO. The largest absolute Gasteiger partial charge is 0.396 e. The highest BCUT2D eigenvalue weighted by molar-refractivity contribution is 5.86. The molecule has 0 heterocycles. The fourth-order valence-corrected chi connectivity index (χ4v) is 6.85. The Balaban J connectivity index is 1.72. The van der Waals surface area contributed by atoms with Crippen LogP contribution in [0.25, 0.3) is 0 Å². The van der Waals surface area contributed by atoms with Crippen LogP contribution in [-0.2, 0) is 4.79 Å². The van der Waals surface area contributed by atoms with E-state index in [0.29, 0.717) is 37.0 Å². The van der Waals surface area contributed by atoms with Gasteiger partial charge >= 0.3 is 0 Å². The predicted molar refractivity (Wildman–Crippen MR) is 129 cm³/mol. The Morgan fingerprint density at radius 1 is 1.31 bits per heavy atom. The second kappa shape index (κ2) is 9.95. The summed E-state index contributed by atoms with van der Waals surface area (Å²) in [5.41, 5.74) is 2.60. The Hall–Kier alpha value is -1.23. The van der Waals surface area contributed by atoms with E-state index in [1.165, 1.54) is 31.3 Å². The van der Waals surface area contributed by atoms with Crippen LogP contribution in [0.3, 0.4) is 0 Å². The van der Waals surface area contributed by atoms with Crippen LogP contribution in [0.4, 0.5) is 0 Å². The number of carbonyl (C=O) groups excluding carboxylic acids is 1. The average Bonchev–Trinajstić information content (AvgIpc) is 3.08. The lowest BCUT2D eigenvalue weighted by Gasteiger charge is -2.44. The smallest absolute Gasteiger partial charge is 0.163 e. The molecule has 0 spiro atoms. The minimum atomic E-state index is -1.23. The highest BCUT2D eigenvalue weighted by Crippen LogP contribution is 2.60. The van der Waals surface area contributed by atoms with E-state index in [2.05, 4.69) is 32.6 Å². The molecule has 6 atom stereocenters. The van der Waals surface area contributed by atoms with Crippen LogP contribution in [-0.4, -0.2) is 39.4 Å². The fraction of sp³-hybridized carbons (Fsp3) is 0.750. The van der Waals surface area contributed by atoms with Crippen LogP contribution in [0, 0.1) is 29.1 Å². The van der Waals surface area contributed by atoms with E-state index in [1.807, 2.05) is 0 Å². The third-order valence-electron chi connectivity index (χ3n) is 8.87. The van der Waals surface area contributed by atoms with Crippen LogP contribution < -0.4 is 0 Å². The Morgan fingerprint density at radius 2 is 2.03 bits per heavy atom. The van der Waals surface area contributed by atoms with Crippen molar-refractivity contribution in [2.45, 2.75) is 97.2 Å². The van der Waals surface area contributed by atoms with Gasteiger partial charge in [-0.15, -0.1) is 0 Å². The van der Waals surface area contributed by atoms with Gasteiger partial charge in [-0.05, 0) is 99.5 Å². The second-order valence-corrected chi connectivity index (χ2v) is 11.5. The van der Waals surface area contributed by atoms with E-state index in [1.54, 1.807) is 13.8 Å². The maximum Gasteiger partial charge on any atom is 0.163 e. The third-order valence-corrected chi connectivity index (χ3v) is 8.87. The first-order valence-electron chi connectivity index (χ1n) is 12.6. The molecule has 0 aromatic carbocycles. The van der Waals surface area contributed by atoms with Crippen molar-refractivity contribution < 1.29 is 20.1 Å². The Morgan fingerprint density at radius 3 is 2.69 bits per heavy atom. The van der Waals surface area contributed by atoms with Crippen LogP contribution in [0.1, 0.15) is 85.5 Å². The highest BCUT2D eigenvalue weighted by Gasteiger charge is 2.50. The molecule has 0 aromatic rings. The first-order chi connectivity index (χ1) is 15.0. The molecule has 180 valence electrons. The summed E-state index contributed by atoms with van der Waals surface area (Å²) in [6.45, 7) is 12.2.